The van der Waals surface area contributed by atoms with Crippen LogP contribution in [0.15, 0.2) is 36.5 Å². The Balaban J connectivity index is 2.01. The lowest BCUT2D eigenvalue weighted by Gasteiger charge is -2.16. The molecule has 0 bridgehead atoms. The van der Waals surface area contributed by atoms with Crippen molar-refractivity contribution >= 4 is 16.8 Å². The van der Waals surface area contributed by atoms with Crippen molar-refractivity contribution in [1.82, 2.24) is 9.88 Å². The molecule has 2 heterocycles. The molecule has 0 saturated carbocycles. The van der Waals surface area contributed by atoms with Crippen LogP contribution < -0.4 is 5.73 Å². The Labute approximate surface area is 105 Å². The Morgan fingerprint density at radius 2 is 2.22 bits per heavy atom. The van der Waals surface area contributed by atoms with Gasteiger partial charge in [0, 0.05) is 36.3 Å². The fourth-order valence-corrected chi connectivity index (χ4v) is 2.43. The van der Waals surface area contributed by atoms with Crippen molar-refractivity contribution in [2.45, 2.75) is 12.5 Å². The van der Waals surface area contributed by atoms with E-state index in [2.05, 4.69) is 4.98 Å². The van der Waals surface area contributed by atoms with Gasteiger partial charge in [0.2, 0.25) is 0 Å². The molecule has 1 aliphatic rings. The predicted octanol–water partition coefficient (Wildman–Crippen LogP) is 1.41. The first-order chi connectivity index (χ1) is 8.75. The summed E-state index contributed by atoms with van der Waals surface area (Å²) in [7, 11) is 0. The van der Waals surface area contributed by atoms with E-state index >= 15 is 0 Å². The Morgan fingerprint density at radius 1 is 1.33 bits per heavy atom. The summed E-state index contributed by atoms with van der Waals surface area (Å²) in [5.74, 6) is 0.0570. The normalized spacial score (nSPS) is 19.4. The number of aromatic nitrogens is 1. The minimum Gasteiger partial charge on any atom is -0.337 e. The molecular formula is C14H15N3O. The molecular weight excluding hydrogens is 226 g/mol. The second-order valence-electron chi connectivity index (χ2n) is 4.68. The lowest BCUT2D eigenvalue weighted by Crippen LogP contribution is -2.31. The Kier molecular flexibility index (Phi) is 2.72. The first kappa shape index (κ1) is 11.2. The van der Waals surface area contributed by atoms with Gasteiger partial charge in [0.05, 0.1) is 5.52 Å². The molecule has 2 N–H and O–H groups in total. The summed E-state index contributed by atoms with van der Waals surface area (Å²) in [5.41, 5.74) is 7.42. The number of pyridine rings is 1. The number of carbonyl (C=O) groups excluding carboxylic acids is 1. The molecule has 1 saturated heterocycles. The minimum absolute atomic E-state index is 0.0570. The zero-order valence-corrected chi connectivity index (χ0v) is 10.0. The number of amides is 1. The van der Waals surface area contributed by atoms with Crippen LogP contribution in [0.3, 0.4) is 0 Å². The van der Waals surface area contributed by atoms with E-state index in [0.717, 1.165) is 29.4 Å². The molecule has 1 unspecified atom stereocenters. The van der Waals surface area contributed by atoms with Gasteiger partial charge in [-0.05, 0) is 24.6 Å². The van der Waals surface area contributed by atoms with E-state index in [-0.39, 0.29) is 11.9 Å². The van der Waals surface area contributed by atoms with Crippen LogP contribution in [0, 0.1) is 0 Å². The molecule has 92 valence electrons. The van der Waals surface area contributed by atoms with Gasteiger partial charge in [0.15, 0.2) is 0 Å². The maximum absolute atomic E-state index is 12.4. The number of nitrogens with two attached hydrogens (primary N) is 1. The van der Waals surface area contributed by atoms with E-state index in [1.165, 1.54) is 0 Å². The van der Waals surface area contributed by atoms with Crippen molar-refractivity contribution in [3.8, 4) is 0 Å². The third kappa shape index (κ3) is 1.84. The number of rotatable bonds is 1. The van der Waals surface area contributed by atoms with Crippen molar-refractivity contribution in [2.75, 3.05) is 13.1 Å². The zero-order chi connectivity index (χ0) is 12.5. The molecule has 2 aromatic rings. The lowest BCUT2D eigenvalue weighted by molar-refractivity contribution is 0.0793. The fraction of sp³-hybridized carbons (Fsp3) is 0.286. The first-order valence-corrected chi connectivity index (χ1v) is 6.14. The highest BCUT2D eigenvalue weighted by Crippen LogP contribution is 2.20. The maximum Gasteiger partial charge on any atom is 0.254 e. The third-order valence-corrected chi connectivity index (χ3v) is 3.39. The van der Waals surface area contributed by atoms with Gasteiger partial charge in [0.25, 0.3) is 5.91 Å². The summed E-state index contributed by atoms with van der Waals surface area (Å²) in [5, 5.41) is 0.908. The predicted molar refractivity (Wildman–Crippen MR) is 70.2 cm³/mol. The number of nitrogens with zero attached hydrogens (tertiary/aromatic N) is 2. The van der Waals surface area contributed by atoms with Gasteiger partial charge in [-0.2, -0.15) is 0 Å². The summed E-state index contributed by atoms with van der Waals surface area (Å²) in [6.45, 7) is 1.39. The van der Waals surface area contributed by atoms with E-state index < -0.39 is 0 Å². The van der Waals surface area contributed by atoms with Crippen molar-refractivity contribution in [1.29, 1.82) is 0 Å². The Morgan fingerprint density at radius 3 is 3.00 bits per heavy atom. The number of fused-ring (bicyclic) bond motifs is 1. The second kappa shape index (κ2) is 4.38. The molecule has 1 fully saturated rings. The van der Waals surface area contributed by atoms with Crippen molar-refractivity contribution in [2.24, 2.45) is 5.73 Å². The van der Waals surface area contributed by atoms with E-state index in [1.54, 1.807) is 6.20 Å². The molecule has 1 aliphatic heterocycles. The summed E-state index contributed by atoms with van der Waals surface area (Å²) >= 11 is 0. The van der Waals surface area contributed by atoms with E-state index in [4.69, 9.17) is 5.73 Å². The second-order valence-corrected chi connectivity index (χ2v) is 4.68. The van der Waals surface area contributed by atoms with Crippen molar-refractivity contribution in [3.63, 3.8) is 0 Å². The highest BCUT2D eigenvalue weighted by molar-refractivity contribution is 6.06. The monoisotopic (exact) mass is 241 g/mol. The molecule has 1 aromatic heterocycles. The first-order valence-electron chi connectivity index (χ1n) is 6.14. The summed E-state index contributed by atoms with van der Waals surface area (Å²) in [6, 6.07) is 9.55. The third-order valence-electron chi connectivity index (χ3n) is 3.39. The fourth-order valence-electron chi connectivity index (χ4n) is 2.43. The zero-order valence-electron chi connectivity index (χ0n) is 10.0. The molecule has 4 heteroatoms. The van der Waals surface area contributed by atoms with Crippen LogP contribution in [0.2, 0.25) is 0 Å². The van der Waals surface area contributed by atoms with Crippen LogP contribution in [0.25, 0.3) is 10.9 Å². The molecule has 0 aliphatic carbocycles. The average Bonchev–Trinajstić information content (AvgIpc) is 2.84. The summed E-state index contributed by atoms with van der Waals surface area (Å²) in [4.78, 5) is 18.5. The number of hydrogen-bond acceptors (Lipinski definition) is 3. The average molecular weight is 241 g/mol. The Bertz CT molecular complexity index is 591. The van der Waals surface area contributed by atoms with Gasteiger partial charge < -0.3 is 10.6 Å². The van der Waals surface area contributed by atoms with Crippen molar-refractivity contribution < 1.29 is 4.79 Å². The summed E-state index contributed by atoms with van der Waals surface area (Å²) < 4.78 is 0. The van der Waals surface area contributed by atoms with E-state index in [1.807, 2.05) is 35.2 Å². The highest BCUT2D eigenvalue weighted by atomic mass is 16.2. The van der Waals surface area contributed by atoms with Gasteiger partial charge in [-0.25, -0.2) is 0 Å². The standard InChI is InChI=1S/C14H15N3O/c15-10-6-8-17(9-10)14(18)12-3-1-5-13-11(12)4-2-7-16-13/h1-5,7,10H,6,8-9,15H2. The number of carbonyl (C=O) groups is 1. The minimum atomic E-state index is 0.0570. The molecule has 1 aromatic carbocycles. The maximum atomic E-state index is 12.4. The number of benzene rings is 1. The van der Waals surface area contributed by atoms with Crippen LogP contribution in [-0.4, -0.2) is 34.9 Å². The Hall–Kier alpha value is -1.94. The largest absolute Gasteiger partial charge is 0.337 e. The lowest BCUT2D eigenvalue weighted by atomic mass is 10.1. The van der Waals surface area contributed by atoms with Crippen molar-refractivity contribution in [3.05, 3.63) is 42.1 Å². The smallest absolute Gasteiger partial charge is 0.254 e. The molecule has 4 nitrogen and oxygen atoms in total. The molecule has 1 atom stereocenters. The molecule has 18 heavy (non-hydrogen) atoms. The van der Waals surface area contributed by atoms with Gasteiger partial charge in [-0.15, -0.1) is 0 Å². The quantitative estimate of drug-likeness (QED) is 0.821. The molecule has 1 amide bonds. The topological polar surface area (TPSA) is 59.2 Å². The van der Waals surface area contributed by atoms with E-state index in [9.17, 15) is 4.79 Å². The SMILES string of the molecule is NC1CCN(C(=O)c2cccc3ncccc23)C1. The van der Waals surface area contributed by atoms with Crippen LogP contribution in [-0.2, 0) is 0 Å². The van der Waals surface area contributed by atoms with Gasteiger partial charge >= 0.3 is 0 Å². The molecule has 0 radical (unpaired) electrons. The number of hydrogen-bond donors (Lipinski definition) is 1. The van der Waals surface area contributed by atoms with Crippen LogP contribution in [0.1, 0.15) is 16.8 Å². The van der Waals surface area contributed by atoms with Gasteiger partial charge in [-0.1, -0.05) is 12.1 Å². The van der Waals surface area contributed by atoms with E-state index in [0.29, 0.717) is 6.54 Å². The van der Waals surface area contributed by atoms with Crippen LogP contribution in [0.5, 0.6) is 0 Å². The summed E-state index contributed by atoms with van der Waals surface area (Å²) in [6.07, 6.45) is 2.62. The van der Waals surface area contributed by atoms with Gasteiger partial charge in [-0.3, -0.25) is 9.78 Å². The molecule has 3 rings (SSSR count). The van der Waals surface area contributed by atoms with Crippen LogP contribution in [0.4, 0.5) is 0 Å². The molecule has 0 spiro atoms. The van der Waals surface area contributed by atoms with Crippen LogP contribution >= 0.6 is 0 Å². The highest BCUT2D eigenvalue weighted by Gasteiger charge is 2.25. The van der Waals surface area contributed by atoms with Gasteiger partial charge in [0.1, 0.15) is 0 Å². The number of likely N-dealkylation sites (tertiary alicyclic amines) is 1.